The van der Waals surface area contributed by atoms with Crippen molar-refractivity contribution in [1.82, 2.24) is 15.5 Å². The molecule has 2 aromatic carbocycles. The highest BCUT2D eigenvalue weighted by atomic mass is 35.5. The van der Waals surface area contributed by atoms with Gasteiger partial charge in [-0.3, -0.25) is 9.69 Å². The van der Waals surface area contributed by atoms with Gasteiger partial charge in [0.25, 0.3) is 0 Å². The monoisotopic (exact) mass is 471 g/mol. The number of para-hydroxylation sites is 1. The van der Waals surface area contributed by atoms with Gasteiger partial charge in [-0.1, -0.05) is 41.9 Å². The summed E-state index contributed by atoms with van der Waals surface area (Å²) in [4.78, 5) is 39.2. The van der Waals surface area contributed by atoms with Crippen LogP contribution in [0, 0.1) is 0 Å². The molecular formula is C23H22ClN3O6. The van der Waals surface area contributed by atoms with E-state index in [-0.39, 0.29) is 25.3 Å². The zero-order valence-electron chi connectivity index (χ0n) is 18.0. The number of rotatable bonds is 7. The van der Waals surface area contributed by atoms with Crippen molar-refractivity contribution in [2.75, 3.05) is 27.4 Å². The number of carbonyl (C=O) groups is 3. The number of hydrogen-bond acceptors (Lipinski definition) is 6. The van der Waals surface area contributed by atoms with E-state index < -0.39 is 23.9 Å². The Morgan fingerprint density at radius 2 is 1.97 bits per heavy atom. The number of amides is 3. The predicted molar refractivity (Wildman–Crippen MR) is 119 cm³/mol. The van der Waals surface area contributed by atoms with Gasteiger partial charge in [0.1, 0.15) is 13.2 Å². The van der Waals surface area contributed by atoms with Crippen molar-refractivity contribution in [3.05, 3.63) is 69.9 Å². The highest BCUT2D eigenvalue weighted by molar-refractivity contribution is 6.31. The van der Waals surface area contributed by atoms with E-state index in [1.54, 1.807) is 42.5 Å². The lowest BCUT2D eigenvalue weighted by molar-refractivity contribution is -0.136. The van der Waals surface area contributed by atoms with Gasteiger partial charge in [0, 0.05) is 17.1 Å². The van der Waals surface area contributed by atoms with E-state index in [0.29, 0.717) is 33.3 Å². The number of benzene rings is 2. The molecule has 0 aromatic heterocycles. The minimum absolute atomic E-state index is 0.0977. The number of urea groups is 1. The van der Waals surface area contributed by atoms with Gasteiger partial charge in [-0.15, -0.1) is 0 Å². The average Bonchev–Trinajstić information content (AvgIpc) is 3.20. The molecule has 0 saturated heterocycles. The number of carbonyl (C=O) groups excluding carboxylic acids is 3. The molecule has 2 aromatic rings. The van der Waals surface area contributed by atoms with Gasteiger partial charge in [0.2, 0.25) is 5.91 Å². The van der Waals surface area contributed by atoms with Crippen LogP contribution in [-0.4, -0.2) is 50.2 Å². The Labute approximate surface area is 195 Å². The lowest BCUT2D eigenvalue weighted by Crippen LogP contribution is -2.50. The van der Waals surface area contributed by atoms with Crippen molar-refractivity contribution < 1.29 is 28.6 Å². The van der Waals surface area contributed by atoms with Crippen LogP contribution < -0.4 is 20.1 Å². The maximum atomic E-state index is 12.9. The maximum absolute atomic E-state index is 12.9. The van der Waals surface area contributed by atoms with Gasteiger partial charge in [-0.05, 0) is 17.7 Å². The van der Waals surface area contributed by atoms with E-state index in [0.717, 1.165) is 0 Å². The van der Waals surface area contributed by atoms with Crippen LogP contribution in [0.25, 0.3) is 0 Å². The number of hydrogen-bond donors (Lipinski definition) is 2. The molecule has 0 aliphatic carbocycles. The molecule has 0 bridgehead atoms. The Balaban J connectivity index is 1.52. The summed E-state index contributed by atoms with van der Waals surface area (Å²) in [6, 6.07) is 11.0. The molecule has 0 radical (unpaired) electrons. The first-order valence-electron chi connectivity index (χ1n) is 10.1. The molecule has 0 spiro atoms. The third-order valence-corrected chi connectivity index (χ3v) is 5.82. The molecule has 2 aliphatic rings. The lowest BCUT2D eigenvalue weighted by Gasteiger charge is -2.32. The summed E-state index contributed by atoms with van der Waals surface area (Å²) in [5.74, 6) is 0.0823. The van der Waals surface area contributed by atoms with Gasteiger partial charge in [0.05, 0.1) is 31.5 Å². The van der Waals surface area contributed by atoms with Crippen molar-refractivity contribution in [3.63, 3.8) is 0 Å². The normalized spacial score (nSPS) is 17.3. The summed E-state index contributed by atoms with van der Waals surface area (Å²) in [5.41, 5.74) is 1.91. The zero-order chi connectivity index (χ0) is 23.5. The second-order valence-electron chi connectivity index (χ2n) is 7.36. The van der Waals surface area contributed by atoms with Crippen LogP contribution in [0.4, 0.5) is 4.79 Å². The van der Waals surface area contributed by atoms with E-state index in [9.17, 15) is 14.4 Å². The highest BCUT2D eigenvalue weighted by Crippen LogP contribution is 2.37. The average molecular weight is 472 g/mol. The molecule has 0 fully saturated rings. The van der Waals surface area contributed by atoms with Crippen molar-refractivity contribution >= 4 is 29.5 Å². The smallest absolute Gasteiger partial charge is 0.338 e. The van der Waals surface area contributed by atoms with E-state index in [1.807, 2.05) is 0 Å². The zero-order valence-corrected chi connectivity index (χ0v) is 18.8. The summed E-state index contributed by atoms with van der Waals surface area (Å²) < 4.78 is 15.8. The minimum Gasteiger partial charge on any atom is -0.493 e. The van der Waals surface area contributed by atoms with Crippen LogP contribution in [0.3, 0.4) is 0 Å². The Morgan fingerprint density at radius 1 is 1.18 bits per heavy atom. The molecule has 10 heteroatoms. The first kappa shape index (κ1) is 22.5. The van der Waals surface area contributed by atoms with Crippen LogP contribution in [0.2, 0.25) is 5.02 Å². The Morgan fingerprint density at radius 3 is 2.70 bits per heavy atom. The van der Waals surface area contributed by atoms with E-state index >= 15 is 0 Å². The fourth-order valence-corrected chi connectivity index (χ4v) is 4.15. The molecular weight excluding hydrogens is 450 g/mol. The minimum atomic E-state index is -0.753. The molecule has 2 aliphatic heterocycles. The van der Waals surface area contributed by atoms with E-state index in [1.165, 1.54) is 19.1 Å². The second kappa shape index (κ2) is 9.41. The van der Waals surface area contributed by atoms with E-state index in [2.05, 4.69) is 10.6 Å². The Bertz CT molecular complexity index is 1150. The van der Waals surface area contributed by atoms with Crippen LogP contribution in [0.5, 0.6) is 11.5 Å². The fraction of sp³-hybridized carbons (Fsp3) is 0.261. The predicted octanol–water partition coefficient (Wildman–Crippen LogP) is 2.55. The van der Waals surface area contributed by atoms with Crippen molar-refractivity contribution in [1.29, 1.82) is 0 Å². The van der Waals surface area contributed by atoms with Gasteiger partial charge in [-0.2, -0.15) is 0 Å². The van der Waals surface area contributed by atoms with Crippen LogP contribution >= 0.6 is 11.6 Å². The molecule has 3 amide bonds. The number of esters is 1. The summed E-state index contributed by atoms with van der Waals surface area (Å²) in [5, 5.41) is 5.95. The van der Waals surface area contributed by atoms with Crippen LogP contribution in [0.1, 0.15) is 17.2 Å². The molecule has 4 rings (SSSR count). The van der Waals surface area contributed by atoms with Crippen LogP contribution in [0.15, 0.2) is 53.7 Å². The largest absolute Gasteiger partial charge is 0.493 e. The molecule has 0 unspecified atom stereocenters. The van der Waals surface area contributed by atoms with Gasteiger partial charge in [0.15, 0.2) is 11.5 Å². The molecule has 9 nitrogen and oxygen atoms in total. The maximum Gasteiger partial charge on any atom is 0.338 e. The SMILES string of the molecule is COc1cccc(CNC(=O)CN2C(=O)N[C@@H](c3ccccc3Cl)C3=C2COC3=O)c1OC. The second-order valence-corrected chi connectivity index (χ2v) is 7.76. The summed E-state index contributed by atoms with van der Waals surface area (Å²) in [7, 11) is 3.04. The standard InChI is InChI=1S/C23H22ClN3O6/c1-31-17-9-5-6-13(21(17)32-2)10-25-18(28)11-27-16-12-33-22(29)19(16)20(26-23(27)30)14-7-3-4-8-15(14)24/h3-9,20H,10-12H2,1-2H3,(H,25,28)(H,26,30)/t20-/m0/s1. The van der Waals surface area contributed by atoms with E-state index in [4.69, 9.17) is 25.8 Å². The number of halogens is 1. The molecule has 33 heavy (non-hydrogen) atoms. The van der Waals surface area contributed by atoms with Crippen molar-refractivity contribution in [2.24, 2.45) is 0 Å². The summed E-state index contributed by atoms with van der Waals surface area (Å²) in [6.07, 6.45) is 0. The first-order valence-corrected chi connectivity index (χ1v) is 10.5. The van der Waals surface area contributed by atoms with Crippen molar-refractivity contribution in [2.45, 2.75) is 12.6 Å². The van der Waals surface area contributed by atoms with Gasteiger partial charge < -0.3 is 24.8 Å². The number of methoxy groups -OCH3 is 2. The quantitative estimate of drug-likeness (QED) is 0.601. The molecule has 0 saturated carbocycles. The molecule has 172 valence electrons. The molecule has 2 heterocycles. The summed E-state index contributed by atoms with van der Waals surface area (Å²) >= 11 is 6.29. The summed E-state index contributed by atoms with van der Waals surface area (Å²) in [6.45, 7) is -0.222. The highest BCUT2D eigenvalue weighted by Gasteiger charge is 2.43. The van der Waals surface area contributed by atoms with Crippen molar-refractivity contribution in [3.8, 4) is 11.5 Å². The Hall–Kier alpha value is -3.72. The molecule has 2 N–H and O–H groups in total. The van der Waals surface area contributed by atoms with Gasteiger partial charge >= 0.3 is 12.0 Å². The number of cyclic esters (lactones) is 1. The molecule has 1 atom stereocenters. The Kier molecular flexibility index (Phi) is 6.41. The topological polar surface area (TPSA) is 106 Å². The number of ether oxygens (including phenoxy) is 3. The number of nitrogens with zero attached hydrogens (tertiary/aromatic N) is 1. The number of nitrogens with one attached hydrogen (secondary N) is 2. The van der Waals surface area contributed by atoms with Crippen LogP contribution in [-0.2, 0) is 20.9 Å². The lowest BCUT2D eigenvalue weighted by atomic mass is 9.95. The fourth-order valence-electron chi connectivity index (χ4n) is 3.91. The third kappa shape index (κ3) is 4.31. The third-order valence-electron chi connectivity index (χ3n) is 5.48. The first-order chi connectivity index (χ1) is 15.9. The van der Waals surface area contributed by atoms with Gasteiger partial charge in [-0.25, -0.2) is 9.59 Å².